The topological polar surface area (TPSA) is 97.1 Å². The number of aromatic nitrogens is 2. The van der Waals surface area contributed by atoms with Gasteiger partial charge in [0.15, 0.2) is 0 Å². The fourth-order valence-electron chi connectivity index (χ4n) is 1.85. The van der Waals surface area contributed by atoms with E-state index in [1.807, 2.05) is 6.92 Å². The van der Waals surface area contributed by atoms with Gasteiger partial charge in [-0.05, 0) is 37.6 Å². The first-order chi connectivity index (χ1) is 12.0. The van der Waals surface area contributed by atoms with Crippen LogP contribution in [0.25, 0.3) is 11.5 Å². The van der Waals surface area contributed by atoms with Crippen LogP contribution in [0.15, 0.2) is 33.9 Å². The number of carbonyl (C=O) groups excluding carboxylic acids is 2. The van der Waals surface area contributed by atoms with Crippen LogP contribution < -0.4 is 10.6 Å². The molecule has 25 heavy (non-hydrogen) atoms. The minimum Gasteiger partial charge on any atom is -0.411 e. The predicted octanol–water partition coefficient (Wildman–Crippen LogP) is 2.00. The SMILES string of the molecule is CCCNC(=O)[C@@H](C)NC(=O)CSc1nnc(-c2ccc(F)cc2)o1. The van der Waals surface area contributed by atoms with Gasteiger partial charge in [-0.1, -0.05) is 18.7 Å². The molecular weight excluding hydrogens is 347 g/mol. The number of nitrogens with one attached hydrogen (secondary N) is 2. The standard InChI is InChI=1S/C16H19FN4O3S/c1-3-8-18-14(23)10(2)19-13(22)9-25-16-21-20-15(24-16)11-4-6-12(17)7-5-11/h4-7,10H,3,8-9H2,1-2H3,(H,18,23)(H,19,22)/t10-/m1/s1. The molecule has 0 saturated carbocycles. The lowest BCUT2D eigenvalue weighted by Gasteiger charge is -2.13. The number of amides is 2. The molecule has 0 aliphatic rings. The summed E-state index contributed by atoms with van der Waals surface area (Å²) in [5.74, 6) is -0.611. The molecule has 9 heteroatoms. The fraction of sp³-hybridized carbons (Fsp3) is 0.375. The summed E-state index contributed by atoms with van der Waals surface area (Å²) >= 11 is 1.06. The molecule has 2 aromatic rings. The molecule has 0 fully saturated rings. The Morgan fingerprint density at radius 1 is 1.28 bits per heavy atom. The number of rotatable bonds is 8. The summed E-state index contributed by atoms with van der Waals surface area (Å²) in [4.78, 5) is 23.6. The van der Waals surface area contributed by atoms with Crippen LogP contribution in [0.2, 0.25) is 0 Å². The highest BCUT2D eigenvalue weighted by Crippen LogP contribution is 2.23. The second-order valence-electron chi connectivity index (χ2n) is 5.25. The number of hydrogen-bond acceptors (Lipinski definition) is 6. The number of carbonyl (C=O) groups is 2. The van der Waals surface area contributed by atoms with Crippen LogP contribution >= 0.6 is 11.8 Å². The lowest BCUT2D eigenvalue weighted by atomic mass is 10.2. The molecule has 1 atom stereocenters. The average Bonchev–Trinajstić information content (AvgIpc) is 3.07. The molecule has 0 saturated heterocycles. The van der Waals surface area contributed by atoms with Gasteiger partial charge in [0.05, 0.1) is 5.75 Å². The third kappa shape index (κ3) is 5.86. The van der Waals surface area contributed by atoms with Crippen LogP contribution in [0.4, 0.5) is 4.39 Å². The van der Waals surface area contributed by atoms with Crippen LogP contribution in [0.1, 0.15) is 20.3 Å². The summed E-state index contributed by atoms with van der Waals surface area (Å²) in [7, 11) is 0. The van der Waals surface area contributed by atoms with E-state index in [0.717, 1.165) is 18.2 Å². The van der Waals surface area contributed by atoms with Crippen molar-refractivity contribution in [1.29, 1.82) is 0 Å². The van der Waals surface area contributed by atoms with Crippen LogP contribution in [-0.2, 0) is 9.59 Å². The molecule has 0 unspecified atom stereocenters. The van der Waals surface area contributed by atoms with E-state index in [2.05, 4.69) is 20.8 Å². The van der Waals surface area contributed by atoms with Gasteiger partial charge < -0.3 is 15.1 Å². The van der Waals surface area contributed by atoms with Crippen molar-refractivity contribution in [3.63, 3.8) is 0 Å². The van der Waals surface area contributed by atoms with Gasteiger partial charge in [-0.15, -0.1) is 10.2 Å². The van der Waals surface area contributed by atoms with Crippen LogP contribution in [0.5, 0.6) is 0 Å². The first-order valence-electron chi connectivity index (χ1n) is 7.79. The lowest BCUT2D eigenvalue weighted by molar-refractivity contribution is -0.127. The minimum atomic E-state index is -0.614. The Bertz CT molecular complexity index is 720. The molecule has 0 aliphatic carbocycles. The maximum absolute atomic E-state index is 12.9. The Labute approximate surface area is 148 Å². The summed E-state index contributed by atoms with van der Waals surface area (Å²) in [6.45, 7) is 4.14. The molecule has 7 nitrogen and oxygen atoms in total. The zero-order chi connectivity index (χ0) is 18.2. The van der Waals surface area contributed by atoms with Gasteiger partial charge in [0.2, 0.25) is 17.7 Å². The highest BCUT2D eigenvalue weighted by molar-refractivity contribution is 7.99. The largest absolute Gasteiger partial charge is 0.411 e. The number of nitrogens with zero attached hydrogens (tertiary/aromatic N) is 2. The molecule has 0 radical (unpaired) electrons. The van der Waals surface area contributed by atoms with Gasteiger partial charge in [-0.3, -0.25) is 9.59 Å². The van der Waals surface area contributed by atoms with Gasteiger partial charge in [0.1, 0.15) is 11.9 Å². The number of halogens is 1. The lowest BCUT2D eigenvalue weighted by Crippen LogP contribution is -2.45. The molecule has 2 N–H and O–H groups in total. The van der Waals surface area contributed by atoms with E-state index in [1.54, 1.807) is 6.92 Å². The quantitative estimate of drug-likeness (QED) is 0.694. The van der Waals surface area contributed by atoms with Gasteiger partial charge in [0.25, 0.3) is 5.22 Å². The van der Waals surface area contributed by atoms with E-state index in [0.29, 0.717) is 12.1 Å². The predicted molar refractivity (Wildman–Crippen MR) is 91.3 cm³/mol. The third-order valence-electron chi connectivity index (χ3n) is 3.14. The first-order valence-corrected chi connectivity index (χ1v) is 8.77. The maximum atomic E-state index is 12.9. The van der Waals surface area contributed by atoms with Crippen LogP contribution in [-0.4, -0.2) is 40.4 Å². The molecule has 2 rings (SSSR count). The van der Waals surface area contributed by atoms with Crippen molar-refractivity contribution in [3.8, 4) is 11.5 Å². The molecular formula is C16H19FN4O3S. The highest BCUT2D eigenvalue weighted by atomic mass is 32.2. The molecule has 0 spiro atoms. The molecule has 1 aromatic heterocycles. The van der Waals surface area contributed by atoms with Crippen LogP contribution in [0.3, 0.4) is 0 Å². The summed E-state index contributed by atoms with van der Waals surface area (Å²) in [6.07, 6.45) is 0.829. The normalized spacial score (nSPS) is 11.8. The fourth-order valence-corrected chi connectivity index (χ4v) is 2.43. The van der Waals surface area contributed by atoms with E-state index < -0.39 is 6.04 Å². The second kappa shape index (κ2) is 9.16. The summed E-state index contributed by atoms with van der Waals surface area (Å²) in [6, 6.07) is 5.04. The van der Waals surface area contributed by atoms with E-state index >= 15 is 0 Å². The first kappa shape index (κ1) is 18.9. The van der Waals surface area contributed by atoms with Crippen molar-refractivity contribution in [3.05, 3.63) is 30.1 Å². The summed E-state index contributed by atoms with van der Waals surface area (Å²) in [5.41, 5.74) is 0.589. The van der Waals surface area contributed by atoms with Crippen molar-refractivity contribution in [2.24, 2.45) is 0 Å². The van der Waals surface area contributed by atoms with Crippen molar-refractivity contribution >= 4 is 23.6 Å². The van der Waals surface area contributed by atoms with E-state index in [1.165, 1.54) is 24.3 Å². The molecule has 2 amide bonds. The molecule has 0 aliphatic heterocycles. The number of hydrogen-bond donors (Lipinski definition) is 2. The Balaban J connectivity index is 1.82. The van der Waals surface area contributed by atoms with Gasteiger partial charge >= 0.3 is 0 Å². The Kier molecular flexibility index (Phi) is 6.93. The second-order valence-corrected chi connectivity index (χ2v) is 6.18. The smallest absolute Gasteiger partial charge is 0.277 e. The number of benzene rings is 1. The summed E-state index contributed by atoms with van der Waals surface area (Å²) in [5, 5.41) is 13.2. The van der Waals surface area contributed by atoms with E-state index in [9.17, 15) is 14.0 Å². The van der Waals surface area contributed by atoms with Crippen molar-refractivity contribution in [1.82, 2.24) is 20.8 Å². The third-order valence-corrected chi connectivity index (χ3v) is 3.96. The minimum absolute atomic E-state index is 0.0381. The monoisotopic (exact) mass is 366 g/mol. The van der Waals surface area contributed by atoms with Crippen molar-refractivity contribution in [2.45, 2.75) is 31.5 Å². The Morgan fingerprint density at radius 3 is 2.68 bits per heavy atom. The van der Waals surface area contributed by atoms with Gasteiger partial charge in [-0.2, -0.15) is 0 Å². The zero-order valence-electron chi connectivity index (χ0n) is 13.9. The maximum Gasteiger partial charge on any atom is 0.277 e. The Hall–Kier alpha value is -2.42. The average molecular weight is 366 g/mol. The molecule has 1 aromatic carbocycles. The van der Waals surface area contributed by atoms with Crippen molar-refractivity contribution < 1.29 is 18.4 Å². The molecule has 0 bridgehead atoms. The van der Waals surface area contributed by atoms with E-state index in [4.69, 9.17) is 4.42 Å². The van der Waals surface area contributed by atoms with E-state index in [-0.39, 0.29) is 34.5 Å². The number of thioether (sulfide) groups is 1. The van der Waals surface area contributed by atoms with Crippen molar-refractivity contribution in [2.75, 3.05) is 12.3 Å². The molecule has 134 valence electrons. The zero-order valence-corrected chi connectivity index (χ0v) is 14.7. The van der Waals surface area contributed by atoms with Gasteiger partial charge in [0, 0.05) is 12.1 Å². The summed E-state index contributed by atoms with van der Waals surface area (Å²) < 4.78 is 18.3. The Morgan fingerprint density at radius 2 is 2.00 bits per heavy atom. The molecule has 1 heterocycles. The van der Waals surface area contributed by atoms with Crippen LogP contribution in [0, 0.1) is 5.82 Å². The van der Waals surface area contributed by atoms with Gasteiger partial charge in [-0.25, -0.2) is 4.39 Å². The highest BCUT2D eigenvalue weighted by Gasteiger charge is 2.16.